The summed E-state index contributed by atoms with van der Waals surface area (Å²) in [6.45, 7) is 2.97. The molecule has 2 aliphatic rings. The van der Waals surface area contributed by atoms with E-state index in [4.69, 9.17) is 4.74 Å². The lowest BCUT2D eigenvalue weighted by atomic mass is 9.95. The van der Waals surface area contributed by atoms with Crippen LogP contribution in [0.3, 0.4) is 0 Å². The summed E-state index contributed by atoms with van der Waals surface area (Å²) in [6.07, 6.45) is 11.8. The largest absolute Gasteiger partial charge is 0.494 e. The number of imidazole rings is 1. The molecule has 36 heavy (non-hydrogen) atoms. The van der Waals surface area contributed by atoms with Crippen LogP contribution in [0.25, 0.3) is 0 Å². The molecule has 3 aromatic rings. The van der Waals surface area contributed by atoms with E-state index in [-0.39, 0.29) is 17.9 Å². The molecular formula is C29H34N4O3. The number of benzene rings is 2. The third-order valence-corrected chi connectivity index (χ3v) is 7.23. The van der Waals surface area contributed by atoms with E-state index in [1.807, 2.05) is 58.7 Å². The summed E-state index contributed by atoms with van der Waals surface area (Å²) in [5.74, 6) is 1.04. The standard InChI is InChI=1S/C29H34N4O3/c34-28-13-10-23-6-2-3-7-27(23)33(28)25-14-18-32(19-15-25)29(35)24-8-11-26(12-9-24)36-21-5-1-4-17-31-20-16-30-22-31/h2-3,6-9,11-12,16,20,22,25H,1,4-5,10,13-15,17-19,21H2. The molecule has 5 rings (SSSR count). The summed E-state index contributed by atoms with van der Waals surface area (Å²) in [7, 11) is 0. The summed E-state index contributed by atoms with van der Waals surface area (Å²) in [4.78, 5) is 33.8. The molecular weight excluding hydrogens is 452 g/mol. The first kappa shape index (κ1) is 24.1. The second kappa shape index (κ2) is 11.4. The van der Waals surface area contributed by atoms with Crippen molar-refractivity contribution in [1.82, 2.24) is 14.5 Å². The van der Waals surface area contributed by atoms with Crippen LogP contribution in [-0.2, 0) is 17.8 Å². The van der Waals surface area contributed by atoms with Crippen molar-refractivity contribution in [1.29, 1.82) is 0 Å². The van der Waals surface area contributed by atoms with Crippen LogP contribution >= 0.6 is 0 Å². The molecule has 1 saturated heterocycles. The second-order valence-corrected chi connectivity index (χ2v) is 9.65. The van der Waals surface area contributed by atoms with E-state index < -0.39 is 0 Å². The van der Waals surface area contributed by atoms with E-state index in [2.05, 4.69) is 21.7 Å². The molecule has 7 nitrogen and oxygen atoms in total. The van der Waals surface area contributed by atoms with Crippen LogP contribution in [0.15, 0.2) is 67.3 Å². The highest BCUT2D eigenvalue weighted by Gasteiger charge is 2.33. The van der Waals surface area contributed by atoms with E-state index in [1.54, 1.807) is 6.20 Å². The summed E-state index contributed by atoms with van der Waals surface area (Å²) in [5, 5.41) is 0. The Balaban J connectivity index is 1.07. The molecule has 0 bridgehead atoms. The van der Waals surface area contributed by atoms with Gasteiger partial charge in [-0.25, -0.2) is 4.98 Å². The fraction of sp³-hybridized carbons (Fsp3) is 0.414. The average Bonchev–Trinajstić information content (AvgIpc) is 3.44. The number of rotatable bonds is 9. The number of fused-ring (bicyclic) bond motifs is 1. The Hall–Kier alpha value is -3.61. The monoisotopic (exact) mass is 486 g/mol. The highest BCUT2D eigenvalue weighted by atomic mass is 16.5. The molecule has 188 valence electrons. The van der Waals surface area contributed by atoms with Gasteiger partial charge < -0.3 is 19.1 Å². The molecule has 0 unspecified atom stereocenters. The maximum Gasteiger partial charge on any atom is 0.253 e. The van der Waals surface area contributed by atoms with E-state index in [9.17, 15) is 9.59 Å². The summed E-state index contributed by atoms with van der Waals surface area (Å²) in [6, 6.07) is 15.8. The maximum atomic E-state index is 13.1. The predicted octanol–water partition coefficient (Wildman–Crippen LogP) is 4.72. The maximum absolute atomic E-state index is 13.1. The number of carbonyl (C=O) groups excluding carboxylic acids is 2. The minimum atomic E-state index is 0.0462. The number of anilines is 1. The molecule has 3 heterocycles. The van der Waals surface area contributed by atoms with Crippen LogP contribution in [0.2, 0.25) is 0 Å². The average molecular weight is 487 g/mol. The molecule has 7 heteroatoms. The number of hydrogen-bond acceptors (Lipinski definition) is 4. The van der Waals surface area contributed by atoms with Gasteiger partial charge in [0.05, 0.1) is 12.9 Å². The first-order valence-electron chi connectivity index (χ1n) is 13.1. The van der Waals surface area contributed by atoms with Gasteiger partial charge in [0, 0.05) is 55.7 Å². The fourth-order valence-corrected chi connectivity index (χ4v) is 5.24. The van der Waals surface area contributed by atoms with Gasteiger partial charge in [0.1, 0.15) is 5.75 Å². The normalized spacial score (nSPS) is 16.2. The van der Waals surface area contributed by atoms with Gasteiger partial charge in [0.25, 0.3) is 5.91 Å². The van der Waals surface area contributed by atoms with Gasteiger partial charge in [-0.2, -0.15) is 0 Å². The van der Waals surface area contributed by atoms with Crippen molar-refractivity contribution in [3.05, 3.63) is 78.4 Å². The molecule has 2 aliphatic heterocycles. The highest BCUT2D eigenvalue weighted by molar-refractivity contribution is 5.97. The van der Waals surface area contributed by atoms with Gasteiger partial charge in [0.15, 0.2) is 0 Å². The van der Waals surface area contributed by atoms with Crippen molar-refractivity contribution in [3.8, 4) is 5.75 Å². The Labute approximate surface area is 212 Å². The minimum absolute atomic E-state index is 0.0462. The SMILES string of the molecule is O=C(c1ccc(OCCCCCn2ccnc2)cc1)N1CCC(N2C(=O)CCc3ccccc32)CC1. The lowest BCUT2D eigenvalue weighted by Crippen LogP contribution is -2.50. The Morgan fingerprint density at radius 1 is 0.972 bits per heavy atom. The first-order chi connectivity index (χ1) is 17.7. The van der Waals surface area contributed by atoms with E-state index in [1.165, 1.54) is 5.56 Å². The van der Waals surface area contributed by atoms with Crippen LogP contribution < -0.4 is 9.64 Å². The van der Waals surface area contributed by atoms with E-state index in [0.717, 1.165) is 56.5 Å². The number of nitrogens with zero attached hydrogens (tertiary/aromatic N) is 4. The molecule has 0 radical (unpaired) electrons. The molecule has 2 amide bonds. The van der Waals surface area contributed by atoms with E-state index in [0.29, 0.717) is 31.7 Å². The van der Waals surface area contributed by atoms with Crippen molar-refractivity contribution in [2.45, 2.75) is 57.5 Å². The lowest BCUT2D eigenvalue weighted by molar-refractivity contribution is -0.119. The third kappa shape index (κ3) is 5.61. The smallest absolute Gasteiger partial charge is 0.253 e. The zero-order valence-electron chi connectivity index (χ0n) is 20.7. The number of hydrogen-bond donors (Lipinski definition) is 0. The van der Waals surface area contributed by atoms with Crippen LogP contribution in [0.1, 0.15) is 54.4 Å². The third-order valence-electron chi connectivity index (χ3n) is 7.23. The second-order valence-electron chi connectivity index (χ2n) is 9.65. The summed E-state index contributed by atoms with van der Waals surface area (Å²) in [5.41, 5.74) is 2.97. The number of amides is 2. The highest BCUT2D eigenvalue weighted by Crippen LogP contribution is 2.32. The Morgan fingerprint density at radius 3 is 2.56 bits per heavy atom. The summed E-state index contributed by atoms with van der Waals surface area (Å²) < 4.78 is 7.95. The lowest BCUT2D eigenvalue weighted by Gasteiger charge is -2.41. The quantitative estimate of drug-likeness (QED) is 0.411. The molecule has 0 N–H and O–H groups in total. The Kier molecular flexibility index (Phi) is 7.64. The minimum Gasteiger partial charge on any atom is -0.494 e. The van der Waals surface area contributed by atoms with Crippen LogP contribution in [-0.4, -0.2) is 52.0 Å². The van der Waals surface area contributed by atoms with E-state index >= 15 is 0 Å². The number of aromatic nitrogens is 2. The predicted molar refractivity (Wildman–Crippen MR) is 139 cm³/mol. The number of carbonyl (C=O) groups is 2. The zero-order valence-corrected chi connectivity index (χ0v) is 20.7. The molecule has 2 aromatic carbocycles. The van der Waals surface area contributed by atoms with Crippen LogP contribution in [0.5, 0.6) is 5.75 Å². The number of ether oxygens (including phenoxy) is 1. The topological polar surface area (TPSA) is 67.7 Å². The van der Waals surface area contributed by atoms with Gasteiger partial charge in [-0.05, 0) is 74.4 Å². The van der Waals surface area contributed by atoms with Crippen molar-refractivity contribution in [2.75, 3.05) is 24.6 Å². The zero-order chi connectivity index (χ0) is 24.7. The van der Waals surface area contributed by atoms with Gasteiger partial charge in [0.2, 0.25) is 5.91 Å². The van der Waals surface area contributed by atoms with Gasteiger partial charge in [-0.3, -0.25) is 9.59 Å². The Morgan fingerprint density at radius 2 is 1.78 bits per heavy atom. The van der Waals surface area contributed by atoms with Crippen LogP contribution in [0.4, 0.5) is 5.69 Å². The molecule has 0 atom stereocenters. The molecule has 1 fully saturated rings. The number of aryl methyl sites for hydroxylation is 2. The number of unbranched alkanes of at least 4 members (excludes halogenated alkanes) is 2. The van der Waals surface area contributed by atoms with Gasteiger partial charge >= 0.3 is 0 Å². The van der Waals surface area contributed by atoms with Crippen molar-refractivity contribution >= 4 is 17.5 Å². The molecule has 1 aromatic heterocycles. The van der Waals surface area contributed by atoms with Gasteiger partial charge in [-0.1, -0.05) is 18.2 Å². The molecule has 0 spiro atoms. The van der Waals surface area contributed by atoms with Crippen LogP contribution in [0, 0.1) is 0 Å². The number of likely N-dealkylation sites (tertiary alicyclic amines) is 1. The molecule has 0 aliphatic carbocycles. The molecule has 0 saturated carbocycles. The van der Waals surface area contributed by atoms with Gasteiger partial charge in [-0.15, -0.1) is 0 Å². The fourth-order valence-electron chi connectivity index (χ4n) is 5.24. The Bertz CT molecular complexity index is 1150. The number of piperidine rings is 1. The van der Waals surface area contributed by atoms with Crippen molar-refractivity contribution in [2.24, 2.45) is 0 Å². The van der Waals surface area contributed by atoms with Crippen molar-refractivity contribution < 1.29 is 14.3 Å². The summed E-state index contributed by atoms with van der Waals surface area (Å²) >= 11 is 0. The first-order valence-corrected chi connectivity index (χ1v) is 13.1. The number of para-hydroxylation sites is 1. The van der Waals surface area contributed by atoms with Crippen molar-refractivity contribution in [3.63, 3.8) is 0 Å².